The number of hydrogen-bond acceptors (Lipinski definition) is 7. The summed E-state index contributed by atoms with van der Waals surface area (Å²) in [7, 11) is 1.61. The minimum atomic E-state index is -0.911. The quantitative estimate of drug-likeness (QED) is 0.568. The molecule has 0 unspecified atom stereocenters. The van der Waals surface area contributed by atoms with Gasteiger partial charge in [-0.1, -0.05) is 6.07 Å². The summed E-state index contributed by atoms with van der Waals surface area (Å²) in [6, 6.07) is 7.62. The van der Waals surface area contributed by atoms with Crippen LogP contribution < -0.4 is 15.5 Å². The molecule has 2 aromatic heterocycles. The summed E-state index contributed by atoms with van der Waals surface area (Å²) in [5.41, 5.74) is 3.99. The Labute approximate surface area is 184 Å². The van der Waals surface area contributed by atoms with Crippen molar-refractivity contribution in [3.63, 3.8) is 0 Å². The molecule has 2 aliphatic heterocycles. The number of carbonyl (C=O) groups is 2. The highest BCUT2D eigenvalue weighted by Gasteiger charge is 2.27. The Morgan fingerprint density at radius 1 is 1.25 bits per heavy atom. The fraction of sp³-hybridized carbons (Fsp3) is 0.364. The Kier molecular flexibility index (Phi) is 5.04. The van der Waals surface area contributed by atoms with Crippen LogP contribution in [-0.2, 0) is 11.2 Å². The van der Waals surface area contributed by atoms with Crippen molar-refractivity contribution in [1.29, 1.82) is 0 Å². The fourth-order valence-corrected chi connectivity index (χ4v) is 4.32. The highest BCUT2D eigenvalue weighted by molar-refractivity contribution is 5.94. The van der Waals surface area contributed by atoms with Gasteiger partial charge in [0.2, 0.25) is 11.9 Å². The van der Waals surface area contributed by atoms with Crippen molar-refractivity contribution in [1.82, 2.24) is 14.9 Å². The molecule has 0 aliphatic carbocycles. The van der Waals surface area contributed by atoms with Gasteiger partial charge in [0.05, 0.1) is 6.26 Å². The van der Waals surface area contributed by atoms with E-state index < -0.39 is 6.09 Å². The maximum atomic E-state index is 11.7. The molecule has 1 aromatic carbocycles. The first-order valence-electron chi connectivity index (χ1n) is 10.6. The van der Waals surface area contributed by atoms with Gasteiger partial charge >= 0.3 is 6.09 Å². The summed E-state index contributed by atoms with van der Waals surface area (Å²) in [6.45, 7) is 1.33. The number of aryl methyl sites for hydroxylation is 1. The van der Waals surface area contributed by atoms with Crippen LogP contribution in [0.2, 0.25) is 0 Å². The summed E-state index contributed by atoms with van der Waals surface area (Å²) < 4.78 is 5.66. The van der Waals surface area contributed by atoms with Crippen LogP contribution in [0.1, 0.15) is 24.8 Å². The van der Waals surface area contributed by atoms with Crippen molar-refractivity contribution < 1.29 is 19.1 Å². The van der Waals surface area contributed by atoms with Gasteiger partial charge in [-0.15, -0.1) is 0 Å². The second-order valence-corrected chi connectivity index (χ2v) is 8.16. The molecule has 0 radical (unpaired) electrons. The topological polar surface area (TPSA) is 124 Å². The second kappa shape index (κ2) is 8.03. The van der Waals surface area contributed by atoms with E-state index in [-0.39, 0.29) is 11.9 Å². The lowest BCUT2D eigenvalue weighted by molar-refractivity contribution is -0.116. The van der Waals surface area contributed by atoms with Crippen LogP contribution >= 0.6 is 0 Å². The zero-order chi connectivity index (χ0) is 22.2. The van der Waals surface area contributed by atoms with Gasteiger partial charge in [0.1, 0.15) is 5.52 Å². The number of carbonyl (C=O) groups excluding carboxylic acids is 1. The van der Waals surface area contributed by atoms with Gasteiger partial charge in [0.15, 0.2) is 11.4 Å². The lowest BCUT2D eigenvalue weighted by Gasteiger charge is -2.36. The van der Waals surface area contributed by atoms with Crippen LogP contribution in [0.3, 0.4) is 0 Å². The fourth-order valence-electron chi connectivity index (χ4n) is 4.32. The van der Waals surface area contributed by atoms with Crippen molar-refractivity contribution >= 4 is 46.2 Å². The lowest BCUT2D eigenvalue weighted by atomic mass is 10.0. The molecule has 166 valence electrons. The van der Waals surface area contributed by atoms with E-state index >= 15 is 0 Å². The third-order valence-electron chi connectivity index (χ3n) is 6.16. The highest BCUT2D eigenvalue weighted by Crippen LogP contribution is 2.31. The standard InChI is InChI=1S/C22H24N6O4/c1-27(22(30)31)15-6-9-28(10-7-15)20-19-16(8-11-32-19)25-21(26-20)23-14-4-2-13-3-5-18(29)24-17(13)12-14/h2,4,8,11-12,15H,3,5-7,9-10H2,1H3,(H,24,29)(H,30,31)(H,23,25,26). The minimum absolute atomic E-state index is 0.0130. The van der Waals surface area contributed by atoms with Crippen molar-refractivity contribution in [2.45, 2.75) is 31.7 Å². The average Bonchev–Trinajstić information content (AvgIpc) is 3.26. The first-order valence-corrected chi connectivity index (χ1v) is 10.6. The maximum Gasteiger partial charge on any atom is 0.407 e. The van der Waals surface area contributed by atoms with Gasteiger partial charge in [0.25, 0.3) is 0 Å². The molecular formula is C22H24N6O4. The molecule has 3 aromatic rings. The number of amides is 2. The molecule has 1 saturated heterocycles. The number of benzene rings is 1. The predicted molar refractivity (Wildman–Crippen MR) is 120 cm³/mol. The molecule has 10 nitrogen and oxygen atoms in total. The van der Waals surface area contributed by atoms with E-state index in [2.05, 4.69) is 20.5 Å². The van der Waals surface area contributed by atoms with Crippen LogP contribution in [0.4, 0.5) is 27.9 Å². The molecule has 0 spiro atoms. The van der Waals surface area contributed by atoms with Crippen molar-refractivity contribution in [3.05, 3.63) is 36.1 Å². The Bertz CT molecular complexity index is 1180. The van der Waals surface area contributed by atoms with Gasteiger partial charge in [0, 0.05) is 50.0 Å². The number of aromatic nitrogens is 2. The smallest absolute Gasteiger partial charge is 0.407 e. The molecular weight excluding hydrogens is 412 g/mol. The first kappa shape index (κ1) is 20.1. The SMILES string of the molecule is CN(C(=O)O)C1CCN(c2nc(Nc3ccc4c(c3)NC(=O)CC4)nc3ccoc23)CC1. The van der Waals surface area contributed by atoms with Gasteiger partial charge in [-0.05, 0) is 37.0 Å². The molecule has 4 heterocycles. The highest BCUT2D eigenvalue weighted by atomic mass is 16.4. The summed E-state index contributed by atoms with van der Waals surface area (Å²) in [6.07, 6.45) is 3.33. The van der Waals surface area contributed by atoms with E-state index in [9.17, 15) is 14.7 Å². The zero-order valence-electron chi connectivity index (χ0n) is 17.7. The third-order valence-corrected chi connectivity index (χ3v) is 6.16. The molecule has 5 rings (SSSR count). The van der Waals surface area contributed by atoms with Crippen LogP contribution in [0.15, 0.2) is 34.9 Å². The number of anilines is 4. The van der Waals surface area contributed by atoms with E-state index in [1.54, 1.807) is 19.4 Å². The van der Waals surface area contributed by atoms with Gasteiger partial charge in [-0.2, -0.15) is 4.98 Å². The largest absolute Gasteiger partial charge is 0.465 e. The van der Waals surface area contributed by atoms with Crippen molar-refractivity contribution in [2.24, 2.45) is 0 Å². The molecule has 10 heteroatoms. The number of piperidine rings is 1. The normalized spacial score (nSPS) is 16.5. The Hall–Kier alpha value is -3.82. The molecule has 1 fully saturated rings. The summed E-state index contributed by atoms with van der Waals surface area (Å²) in [5, 5.41) is 15.4. The molecule has 2 amide bonds. The van der Waals surface area contributed by atoms with E-state index in [1.807, 2.05) is 18.2 Å². The van der Waals surface area contributed by atoms with Crippen molar-refractivity contribution in [2.75, 3.05) is 35.7 Å². The Morgan fingerprint density at radius 2 is 2.06 bits per heavy atom. The zero-order valence-corrected chi connectivity index (χ0v) is 17.7. The third kappa shape index (κ3) is 3.79. The Morgan fingerprint density at radius 3 is 2.84 bits per heavy atom. The van der Waals surface area contributed by atoms with E-state index in [4.69, 9.17) is 9.40 Å². The van der Waals surface area contributed by atoms with Crippen molar-refractivity contribution in [3.8, 4) is 0 Å². The number of nitrogens with zero attached hydrogens (tertiary/aromatic N) is 4. The predicted octanol–water partition coefficient (Wildman–Crippen LogP) is 3.43. The minimum Gasteiger partial charge on any atom is -0.465 e. The van der Waals surface area contributed by atoms with Gasteiger partial charge < -0.3 is 30.0 Å². The molecule has 0 saturated carbocycles. The van der Waals surface area contributed by atoms with E-state index in [0.29, 0.717) is 55.2 Å². The summed E-state index contributed by atoms with van der Waals surface area (Å²) in [5.74, 6) is 1.14. The van der Waals surface area contributed by atoms with Crippen LogP contribution in [0, 0.1) is 0 Å². The monoisotopic (exact) mass is 436 g/mol. The number of rotatable bonds is 4. The molecule has 0 atom stereocenters. The van der Waals surface area contributed by atoms with Gasteiger partial charge in [-0.3, -0.25) is 4.79 Å². The van der Waals surface area contributed by atoms with Crippen LogP contribution in [-0.4, -0.2) is 58.2 Å². The van der Waals surface area contributed by atoms with Crippen LogP contribution in [0.5, 0.6) is 0 Å². The first-order chi connectivity index (χ1) is 15.5. The molecule has 3 N–H and O–H groups in total. The molecule has 32 heavy (non-hydrogen) atoms. The number of carboxylic acid groups (broad SMARTS) is 1. The van der Waals surface area contributed by atoms with Crippen LogP contribution in [0.25, 0.3) is 11.1 Å². The lowest BCUT2D eigenvalue weighted by Crippen LogP contribution is -2.45. The number of nitrogens with one attached hydrogen (secondary N) is 2. The summed E-state index contributed by atoms with van der Waals surface area (Å²) in [4.78, 5) is 35.8. The molecule has 2 aliphatic rings. The maximum absolute atomic E-state index is 11.7. The number of furan rings is 1. The Balaban J connectivity index is 1.39. The van der Waals surface area contributed by atoms with E-state index in [1.165, 1.54) is 4.90 Å². The number of hydrogen-bond donors (Lipinski definition) is 3. The number of fused-ring (bicyclic) bond motifs is 2. The summed E-state index contributed by atoms with van der Waals surface area (Å²) >= 11 is 0. The second-order valence-electron chi connectivity index (χ2n) is 8.16. The molecule has 0 bridgehead atoms. The van der Waals surface area contributed by atoms with E-state index in [0.717, 1.165) is 23.4 Å². The van der Waals surface area contributed by atoms with Gasteiger partial charge in [-0.25, -0.2) is 9.78 Å². The average molecular weight is 436 g/mol.